The minimum atomic E-state index is -0.133. The summed E-state index contributed by atoms with van der Waals surface area (Å²) in [6, 6.07) is 15.1. The van der Waals surface area contributed by atoms with Crippen LogP contribution in [0.15, 0.2) is 53.9 Å². The van der Waals surface area contributed by atoms with E-state index in [0.29, 0.717) is 17.1 Å². The zero-order chi connectivity index (χ0) is 16.2. The molecule has 0 unspecified atom stereocenters. The van der Waals surface area contributed by atoms with Crippen molar-refractivity contribution in [3.05, 3.63) is 75.8 Å². The lowest BCUT2D eigenvalue weighted by Gasteiger charge is -2.03. The Labute approximate surface area is 144 Å². The smallest absolute Gasteiger partial charge is 0.251 e. The number of aryl methyl sites for hydroxylation is 1. The molecular formula is C18H15ClN2OS. The number of thiazole rings is 1. The number of benzene rings is 2. The van der Waals surface area contributed by atoms with Gasteiger partial charge in [0.25, 0.3) is 5.91 Å². The molecule has 3 nitrogen and oxygen atoms in total. The molecule has 3 rings (SSSR count). The number of nitrogens with zero attached hydrogens (tertiary/aromatic N) is 1. The molecule has 0 spiro atoms. The number of carbonyl (C=O) groups is 1. The Kier molecular flexibility index (Phi) is 4.74. The molecule has 5 heteroatoms. The van der Waals surface area contributed by atoms with Gasteiger partial charge in [0.05, 0.1) is 12.2 Å². The van der Waals surface area contributed by atoms with Gasteiger partial charge in [0.15, 0.2) is 0 Å². The molecule has 0 aliphatic rings. The molecular weight excluding hydrogens is 328 g/mol. The van der Waals surface area contributed by atoms with Gasteiger partial charge in [-0.25, -0.2) is 4.98 Å². The number of hydrogen-bond donors (Lipinski definition) is 1. The maximum absolute atomic E-state index is 12.1. The van der Waals surface area contributed by atoms with Gasteiger partial charge >= 0.3 is 0 Å². The highest BCUT2D eigenvalue weighted by Crippen LogP contribution is 2.24. The minimum Gasteiger partial charge on any atom is -0.346 e. The van der Waals surface area contributed by atoms with Crippen LogP contribution in [0.2, 0.25) is 5.02 Å². The zero-order valence-corrected chi connectivity index (χ0v) is 14.1. The van der Waals surface area contributed by atoms with Crippen LogP contribution in [0.25, 0.3) is 10.6 Å². The van der Waals surface area contributed by atoms with Crippen LogP contribution < -0.4 is 5.32 Å². The Morgan fingerprint density at radius 1 is 1.13 bits per heavy atom. The van der Waals surface area contributed by atoms with Crippen LogP contribution in [0, 0.1) is 6.92 Å². The first kappa shape index (κ1) is 15.7. The van der Waals surface area contributed by atoms with Crippen molar-refractivity contribution in [3.63, 3.8) is 0 Å². The first-order chi connectivity index (χ1) is 11.1. The van der Waals surface area contributed by atoms with Crippen molar-refractivity contribution in [1.82, 2.24) is 10.3 Å². The van der Waals surface area contributed by atoms with Gasteiger partial charge in [-0.15, -0.1) is 11.3 Å². The van der Waals surface area contributed by atoms with E-state index in [-0.39, 0.29) is 5.91 Å². The summed E-state index contributed by atoms with van der Waals surface area (Å²) in [5.41, 5.74) is 3.76. The first-order valence-electron chi connectivity index (χ1n) is 7.17. The average molecular weight is 343 g/mol. The number of nitrogens with one attached hydrogen (secondary N) is 1. The van der Waals surface area contributed by atoms with Gasteiger partial charge in [0, 0.05) is 21.5 Å². The molecule has 0 radical (unpaired) electrons. The number of carbonyl (C=O) groups excluding carboxylic acids is 1. The van der Waals surface area contributed by atoms with Crippen molar-refractivity contribution < 1.29 is 4.79 Å². The summed E-state index contributed by atoms with van der Waals surface area (Å²) in [5, 5.41) is 6.41. The van der Waals surface area contributed by atoms with Crippen LogP contribution in [-0.4, -0.2) is 10.9 Å². The summed E-state index contributed by atoms with van der Waals surface area (Å²) in [7, 11) is 0. The van der Waals surface area contributed by atoms with E-state index in [0.717, 1.165) is 16.3 Å². The molecule has 1 heterocycles. The summed E-state index contributed by atoms with van der Waals surface area (Å²) in [4.78, 5) is 16.6. The maximum atomic E-state index is 12.1. The quantitative estimate of drug-likeness (QED) is 0.746. The third kappa shape index (κ3) is 3.97. The second-order valence-corrected chi connectivity index (χ2v) is 6.49. The summed E-state index contributed by atoms with van der Waals surface area (Å²) >= 11 is 7.40. The highest BCUT2D eigenvalue weighted by molar-refractivity contribution is 7.13. The van der Waals surface area contributed by atoms with E-state index >= 15 is 0 Å². The molecule has 2 aromatic carbocycles. The highest BCUT2D eigenvalue weighted by atomic mass is 35.5. The normalized spacial score (nSPS) is 10.5. The number of amides is 1. The van der Waals surface area contributed by atoms with E-state index in [1.165, 1.54) is 5.56 Å². The molecule has 0 bridgehead atoms. The molecule has 0 aliphatic carbocycles. The second kappa shape index (κ2) is 6.94. The summed E-state index contributed by atoms with van der Waals surface area (Å²) in [5.74, 6) is -0.133. The van der Waals surface area contributed by atoms with Crippen LogP contribution in [0.5, 0.6) is 0 Å². The van der Waals surface area contributed by atoms with Crippen molar-refractivity contribution in [2.75, 3.05) is 0 Å². The third-order valence-electron chi connectivity index (χ3n) is 3.39. The minimum absolute atomic E-state index is 0.133. The van der Waals surface area contributed by atoms with E-state index in [2.05, 4.69) is 41.5 Å². The molecule has 0 saturated heterocycles. The topological polar surface area (TPSA) is 42.0 Å². The van der Waals surface area contributed by atoms with E-state index in [4.69, 9.17) is 11.6 Å². The molecule has 23 heavy (non-hydrogen) atoms. The Balaban J connectivity index is 1.64. The summed E-state index contributed by atoms with van der Waals surface area (Å²) in [6.45, 7) is 2.47. The van der Waals surface area contributed by atoms with Gasteiger partial charge < -0.3 is 5.32 Å². The number of rotatable bonds is 4. The van der Waals surface area contributed by atoms with E-state index in [9.17, 15) is 4.79 Å². The molecule has 116 valence electrons. The SMILES string of the molecule is Cc1ccc(-c2nc(CNC(=O)c3ccc(Cl)cc3)cs2)cc1. The second-order valence-electron chi connectivity index (χ2n) is 5.20. The lowest BCUT2D eigenvalue weighted by Crippen LogP contribution is -2.22. The van der Waals surface area contributed by atoms with Crippen LogP contribution in [0.3, 0.4) is 0 Å². The fourth-order valence-electron chi connectivity index (χ4n) is 2.09. The maximum Gasteiger partial charge on any atom is 0.251 e. The van der Waals surface area contributed by atoms with Crippen molar-refractivity contribution in [1.29, 1.82) is 0 Å². The Morgan fingerprint density at radius 2 is 1.83 bits per heavy atom. The molecule has 0 aliphatic heterocycles. The molecule has 1 amide bonds. The Hall–Kier alpha value is -2.17. The van der Waals surface area contributed by atoms with Gasteiger partial charge in [-0.05, 0) is 31.2 Å². The monoisotopic (exact) mass is 342 g/mol. The van der Waals surface area contributed by atoms with E-state index in [1.807, 2.05) is 5.38 Å². The lowest BCUT2D eigenvalue weighted by atomic mass is 10.2. The predicted octanol–water partition coefficient (Wildman–Crippen LogP) is 4.70. The molecule has 1 aromatic heterocycles. The van der Waals surface area contributed by atoms with E-state index in [1.54, 1.807) is 35.6 Å². The van der Waals surface area contributed by atoms with Crippen LogP contribution >= 0.6 is 22.9 Å². The molecule has 0 fully saturated rings. The Morgan fingerprint density at radius 3 is 2.52 bits per heavy atom. The molecule has 3 aromatic rings. The zero-order valence-electron chi connectivity index (χ0n) is 12.5. The van der Waals surface area contributed by atoms with Gasteiger partial charge in [-0.3, -0.25) is 4.79 Å². The van der Waals surface area contributed by atoms with Crippen LogP contribution in [0.4, 0.5) is 0 Å². The van der Waals surface area contributed by atoms with Gasteiger partial charge in [-0.1, -0.05) is 41.4 Å². The number of aromatic nitrogens is 1. The largest absolute Gasteiger partial charge is 0.346 e. The fourth-order valence-corrected chi connectivity index (χ4v) is 3.04. The standard InChI is InChI=1S/C18H15ClN2OS/c1-12-2-4-14(5-3-12)18-21-16(11-23-18)10-20-17(22)13-6-8-15(19)9-7-13/h2-9,11H,10H2,1H3,(H,20,22). The predicted molar refractivity (Wildman–Crippen MR) is 94.9 cm³/mol. The highest BCUT2D eigenvalue weighted by Gasteiger charge is 2.08. The first-order valence-corrected chi connectivity index (χ1v) is 8.43. The van der Waals surface area contributed by atoms with Crippen molar-refractivity contribution in [2.24, 2.45) is 0 Å². The van der Waals surface area contributed by atoms with E-state index < -0.39 is 0 Å². The van der Waals surface area contributed by atoms with Crippen LogP contribution in [0.1, 0.15) is 21.6 Å². The summed E-state index contributed by atoms with van der Waals surface area (Å²) < 4.78 is 0. The molecule has 0 atom stereocenters. The van der Waals surface area contributed by atoms with Gasteiger partial charge in [-0.2, -0.15) is 0 Å². The molecule has 1 N–H and O–H groups in total. The van der Waals surface area contributed by atoms with Crippen molar-refractivity contribution >= 4 is 28.8 Å². The summed E-state index contributed by atoms with van der Waals surface area (Å²) in [6.07, 6.45) is 0. The number of halogens is 1. The van der Waals surface area contributed by atoms with Crippen molar-refractivity contribution in [2.45, 2.75) is 13.5 Å². The van der Waals surface area contributed by atoms with Gasteiger partial charge in [0.1, 0.15) is 5.01 Å². The van der Waals surface area contributed by atoms with Crippen molar-refractivity contribution in [3.8, 4) is 10.6 Å². The third-order valence-corrected chi connectivity index (χ3v) is 4.58. The average Bonchev–Trinajstić information content (AvgIpc) is 3.03. The van der Waals surface area contributed by atoms with Gasteiger partial charge in [0.2, 0.25) is 0 Å². The molecule has 0 saturated carbocycles. The fraction of sp³-hybridized carbons (Fsp3) is 0.111. The Bertz CT molecular complexity index is 810. The van der Waals surface area contributed by atoms with Crippen LogP contribution in [-0.2, 0) is 6.54 Å². The lowest BCUT2D eigenvalue weighted by molar-refractivity contribution is 0.0950. The number of hydrogen-bond acceptors (Lipinski definition) is 3.